The number of rotatable bonds is 3. The zero-order chi connectivity index (χ0) is 13.8. The van der Waals surface area contributed by atoms with Crippen LogP contribution < -0.4 is 0 Å². The van der Waals surface area contributed by atoms with Crippen LogP contribution in [-0.2, 0) is 9.53 Å². The normalized spacial score (nSPS) is 11.4. The molecule has 0 amide bonds. The van der Waals surface area contributed by atoms with E-state index in [1.807, 2.05) is 25.1 Å². The molecule has 0 atom stereocenters. The van der Waals surface area contributed by atoms with Gasteiger partial charge in [-0.05, 0) is 42.7 Å². The number of benzene rings is 1. The molecule has 0 saturated carbocycles. The summed E-state index contributed by atoms with van der Waals surface area (Å²) in [6.45, 7) is 4.02. The molecule has 3 heteroatoms. The summed E-state index contributed by atoms with van der Waals surface area (Å²) >= 11 is 1.68. The first-order valence-corrected chi connectivity index (χ1v) is 6.86. The van der Waals surface area contributed by atoms with Crippen molar-refractivity contribution in [3.63, 3.8) is 0 Å². The SMILES string of the molecule is COC(=O)/C=C(\C)c1ccc(-c2ccccc2C)s1. The van der Waals surface area contributed by atoms with Gasteiger partial charge in [-0.15, -0.1) is 11.3 Å². The second-order valence-electron chi connectivity index (χ2n) is 4.33. The van der Waals surface area contributed by atoms with Gasteiger partial charge in [0.2, 0.25) is 0 Å². The Morgan fingerprint density at radius 2 is 1.95 bits per heavy atom. The molecule has 0 bridgehead atoms. The lowest BCUT2D eigenvalue weighted by Crippen LogP contribution is -1.94. The smallest absolute Gasteiger partial charge is 0.330 e. The fourth-order valence-corrected chi connectivity index (χ4v) is 2.92. The topological polar surface area (TPSA) is 26.3 Å². The van der Waals surface area contributed by atoms with Crippen LogP contribution in [0.25, 0.3) is 16.0 Å². The van der Waals surface area contributed by atoms with E-state index in [0.29, 0.717) is 0 Å². The van der Waals surface area contributed by atoms with E-state index < -0.39 is 0 Å². The molecule has 19 heavy (non-hydrogen) atoms. The van der Waals surface area contributed by atoms with Gasteiger partial charge in [0, 0.05) is 15.8 Å². The number of thiophene rings is 1. The van der Waals surface area contributed by atoms with E-state index in [9.17, 15) is 4.79 Å². The number of hydrogen-bond donors (Lipinski definition) is 0. The lowest BCUT2D eigenvalue weighted by atomic mass is 10.1. The molecule has 0 radical (unpaired) electrons. The molecule has 2 rings (SSSR count). The van der Waals surface area contributed by atoms with Crippen LogP contribution in [0.3, 0.4) is 0 Å². The van der Waals surface area contributed by atoms with Crippen LogP contribution in [0.1, 0.15) is 17.4 Å². The van der Waals surface area contributed by atoms with Gasteiger partial charge < -0.3 is 4.74 Å². The van der Waals surface area contributed by atoms with Crippen LogP contribution in [0, 0.1) is 6.92 Å². The first-order valence-electron chi connectivity index (χ1n) is 6.04. The standard InChI is InChI=1S/C16H16O2S/c1-11-6-4-5-7-13(11)15-9-8-14(19-15)12(2)10-16(17)18-3/h4-10H,1-3H3/b12-10+. The Hall–Kier alpha value is -1.87. The van der Waals surface area contributed by atoms with Gasteiger partial charge in [-0.1, -0.05) is 24.3 Å². The van der Waals surface area contributed by atoms with Gasteiger partial charge in [-0.3, -0.25) is 0 Å². The van der Waals surface area contributed by atoms with Gasteiger partial charge in [-0.2, -0.15) is 0 Å². The van der Waals surface area contributed by atoms with Crippen molar-refractivity contribution < 1.29 is 9.53 Å². The van der Waals surface area contributed by atoms with Crippen molar-refractivity contribution in [2.45, 2.75) is 13.8 Å². The molecule has 1 heterocycles. The number of carbonyl (C=O) groups is 1. The summed E-state index contributed by atoms with van der Waals surface area (Å²) in [5, 5.41) is 0. The number of aryl methyl sites for hydroxylation is 1. The summed E-state index contributed by atoms with van der Waals surface area (Å²) in [4.78, 5) is 13.5. The monoisotopic (exact) mass is 272 g/mol. The lowest BCUT2D eigenvalue weighted by molar-refractivity contribution is -0.134. The van der Waals surface area contributed by atoms with Crippen LogP contribution in [-0.4, -0.2) is 13.1 Å². The molecule has 0 spiro atoms. The number of esters is 1. The van der Waals surface area contributed by atoms with Crippen molar-refractivity contribution in [1.29, 1.82) is 0 Å². The van der Waals surface area contributed by atoms with Crippen molar-refractivity contribution in [3.05, 3.63) is 52.9 Å². The Bertz CT molecular complexity index is 623. The van der Waals surface area contributed by atoms with Gasteiger partial charge in [0.05, 0.1) is 7.11 Å². The minimum atomic E-state index is -0.316. The highest BCUT2D eigenvalue weighted by Crippen LogP contribution is 2.33. The second-order valence-corrected chi connectivity index (χ2v) is 5.41. The third-order valence-electron chi connectivity index (χ3n) is 2.94. The van der Waals surface area contributed by atoms with E-state index in [0.717, 1.165) is 10.5 Å². The predicted octanol–water partition coefficient (Wildman–Crippen LogP) is 4.30. The average Bonchev–Trinajstić information content (AvgIpc) is 2.88. The fraction of sp³-hybridized carbons (Fsp3) is 0.188. The van der Waals surface area contributed by atoms with Crippen LogP contribution in [0.4, 0.5) is 0 Å². The van der Waals surface area contributed by atoms with E-state index in [1.165, 1.54) is 29.2 Å². The minimum absolute atomic E-state index is 0.316. The van der Waals surface area contributed by atoms with Gasteiger partial charge in [-0.25, -0.2) is 4.79 Å². The summed E-state index contributed by atoms with van der Waals surface area (Å²) in [5.74, 6) is -0.316. The molecule has 0 N–H and O–H groups in total. The zero-order valence-electron chi connectivity index (χ0n) is 11.3. The van der Waals surface area contributed by atoms with Crippen LogP contribution in [0.5, 0.6) is 0 Å². The molecule has 0 aliphatic rings. The van der Waals surface area contributed by atoms with Crippen LogP contribution in [0.15, 0.2) is 42.5 Å². The Morgan fingerprint density at radius 3 is 2.63 bits per heavy atom. The highest BCUT2D eigenvalue weighted by molar-refractivity contribution is 7.16. The second kappa shape index (κ2) is 5.85. The predicted molar refractivity (Wildman–Crippen MR) is 80.2 cm³/mol. The Labute approximate surface area is 117 Å². The Balaban J connectivity index is 2.32. The molecule has 1 aromatic carbocycles. The van der Waals surface area contributed by atoms with Crippen molar-refractivity contribution in [3.8, 4) is 10.4 Å². The Kier molecular flexibility index (Phi) is 4.17. The highest BCUT2D eigenvalue weighted by Gasteiger charge is 2.07. The minimum Gasteiger partial charge on any atom is -0.466 e. The fourth-order valence-electron chi connectivity index (χ4n) is 1.85. The van der Waals surface area contributed by atoms with E-state index >= 15 is 0 Å². The van der Waals surface area contributed by atoms with Crippen molar-refractivity contribution in [2.75, 3.05) is 7.11 Å². The number of ether oxygens (including phenoxy) is 1. The van der Waals surface area contributed by atoms with E-state index in [-0.39, 0.29) is 5.97 Å². The van der Waals surface area contributed by atoms with E-state index in [4.69, 9.17) is 0 Å². The summed E-state index contributed by atoms with van der Waals surface area (Å²) in [6, 6.07) is 12.4. The largest absolute Gasteiger partial charge is 0.466 e. The zero-order valence-corrected chi connectivity index (χ0v) is 12.1. The molecule has 0 unspecified atom stereocenters. The van der Waals surface area contributed by atoms with Crippen LogP contribution in [0.2, 0.25) is 0 Å². The number of allylic oxidation sites excluding steroid dienone is 1. The van der Waals surface area contributed by atoms with Gasteiger partial charge in [0.1, 0.15) is 0 Å². The van der Waals surface area contributed by atoms with Gasteiger partial charge >= 0.3 is 5.97 Å². The maximum Gasteiger partial charge on any atom is 0.330 e. The van der Waals surface area contributed by atoms with Crippen LogP contribution >= 0.6 is 11.3 Å². The summed E-state index contributed by atoms with van der Waals surface area (Å²) < 4.78 is 4.64. The van der Waals surface area contributed by atoms with Crippen molar-refractivity contribution in [1.82, 2.24) is 0 Å². The average molecular weight is 272 g/mol. The van der Waals surface area contributed by atoms with E-state index in [1.54, 1.807) is 11.3 Å². The molecule has 0 fully saturated rings. The molecule has 0 saturated heterocycles. The first kappa shape index (κ1) is 13.6. The number of hydrogen-bond acceptors (Lipinski definition) is 3. The van der Waals surface area contributed by atoms with E-state index in [2.05, 4.69) is 29.9 Å². The van der Waals surface area contributed by atoms with Crippen molar-refractivity contribution in [2.24, 2.45) is 0 Å². The van der Waals surface area contributed by atoms with Gasteiger partial charge in [0.15, 0.2) is 0 Å². The maximum absolute atomic E-state index is 11.2. The maximum atomic E-state index is 11.2. The molecular weight excluding hydrogens is 256 g/mol. The Morgan fingerprint density at radius 1 is 1.21 bits per heavy atom. The van der Waals surface area contributed by atoms with Gasteiger partial charge in [0.25, 0.3) is 0 Å². The molecular formula is C16H16O2S. The third-order valence-corrected chi connectivity index (χ3v) is 4.19. The number of methoxy groups -OCH3 is 1. The van der Waals surface area contributed by atoms with Crippen molar-refractivity contribution >= 4 is 22.9 Å². The summed E-state index contributed by atoms with van der Waals surface area (Å²) in [6.07, 6.45) is 1.52. The molecule has 0 aliphatic carbocycles. The first-order chi connectivity index (χ1) is 9.11. The molecule has 98 valence electrons. The quantitative estimate of drug-likeness (QED) is 0.615. The summed E-state index contributed by atoms with van der Waals surface area (Å²) in [7, 11) is 1.39. The highest BCUT2D eigenvalue weighted by atomic mass is 32.1. The molecule has 2 aromatic rings. The molecule has 2 nitrogen and oxygen atoms in total. The number of carbonyl (C=O) groups excluding carboxylic acids is 1. The molecule has 1 aromatic heterocycles. The third kappa shape index (κ3) is 3.12. The summed E-state index contributed by atoms with van der Waals surface area (Å²) in [5.41, 5.74) is 3.42. The molecule has 0 aliphatic heterocycles. The lowest BCUT2D eigenvalue weighted by Gasteiger charge is -2.01.